The summed E-state index contributed by atoms with van der Waals surface area (Å²) < 4.78 is 13.9. The van der Waals surface area contributed by atoms with Crippen molar-refractivity contribution in [3.8, 4) is 0 Å². The summed E-state index contributed by atoms with van der Waals surface area (Å²) in [6.45, 7) is 28.4. The van der Waals surface area contributed by atoms with Gasteiger partial charge in [-0.25, -0.2) is 19.2 Å². The molecular weight excluding hydrogens is 863 g/mol. The molecular formula is C48H93N9O10. The second kappa shape index (κ2) is 41.8. The van der Waals surface area contributed by atoms with Crippen molar-refractivity contribution in [2.24, 2.45) is 0 Å². The summed E-state index contributed by atoms with van der Waals surface area (Å²) >= 11 is 0. The Morgan fingerprint density at radius 1 is 0.478 bits per heavy atom. The predicted molar refractivity (Wildman–Crippen MR) is 270 cm³/mol. The van der Waals surface area contributed by atoms with Crippen molar-refractivity contribution >= 4 is 35.7 Å². The maximum Gasteiger partial charge on any atom is 0.358 e. The molecule has 0 saturated heterocycles. The number of esters is 2. The Balaban J connectivity index is -0.000000189. The first-order valence-electron chi connectivity index (χ1n) is 22.0. The molecule has 19 heteroatoms. The summed E-state index contributed by atoms with van der Waals surface area (Å²) in [6, 6.07) is 4.10. The van der Waals surface area contributed by atoms with Crippen molar-refractivity contribution in [1.29, 1.82) is 0 Å². The molecule has 0 fully saturated rings. The average molecular weight is 956 g/mol. The summed E-state index contributed by atoms with van der Waals surface area (Å²) in [4.78, 5) is 73.3. The van der Waals surface area contributed by atoms with E-state index in [-0.39, 0.29) is 78.3 Å². The molecule has 19 nitrogen and oxygen atoms in total. The average Bonchev–Trinajstić information content (AvgIpc) is 4.02. The van der Waals surface area contributed by atoms with Gasteiger partial charge in [0, 0.05) is 64.0 Å². The van der Waals surface area contributed by atoms with E-state index >= 15 is 0 Å². The first kappa shape index (κ1) is 73.0. The minimum Gasteiger partial charge on any atom is -0.477 e. The van der Waals surface area contributed by atoms with E-state index < -0.39 is 23.9 Å². The monoisotopic (exact) mass is 956 g/mol. The molecule has 67 heavy (non-hydrogen) atoms. The Kier molecular flexibility index (Phi) is 45.6. The van der Waals surface area contributed by atoms with Gasteiger partial charge in [0.25, 0.3) is 11.8 Å². The van der Waals surface area contributed by atoms with Crippen LogP contribution in [0.3, 0.4) is 0 Å². The van der Waals surface area contributed by atoms with Gasteiger partial charge >= 0.3 is 23.9 Å². The van der Waals surface area contributed by atoms with Crippen LogP contribution in [-0.4, -0.2) is 138 Å². The Morgan fingerprint density at radius 3 is 1.03 bits per heavy atom. The number of rotatable bonds is 23. The van der Waals surface area contributed by atoms with Gasteiger partial charge in [0.1, 0.15) is 17.1 Å². The number of hydrogen-bond donors (Lipinski definition) is 3. The second-order valence-corrected chi connectivity index (χ2v) is 13.6. The summed E-state index contributed by atoms with van der Waals surface area (Å²) in [5.41, 5.74) is 0.911. The minimum absolute atomic E-state index is 0. The molecule has 2 amide bonds. The molecule has 3 rings (SSSR count). The minimum atomic E-state index is -1.11. The maximum atomic E-state index is 12.6. The van der Waals surface area contributed by atoms with Crippen LogP contribution in [0.2, 0.25) is 0 Å². The van der Waals surface area contributed by atoms with E-state index in [1.54, 1.807) is 35.3 Å². The van der Waals surface area contributed by atoms with E-state index in [1.165, 1.54) is 53.5 Å². The second-order valence-electron chi connectivity index (χ2n) is 13.6. The summed E-state index contributed by atoms with van der Waals surface area (Å²) in [5.74, 6) is -3.55. The molecule has 3 heterocycles. The van der Waals surface area contributed by atoms with Crippen LogP contribution in [-0.2, 0) is 29.1 Å². The molecule has 0 spiro atoms. The molecule has 0 aliphatic carbocycles. The van der Waals surface area contributed by atoms with Crippen LogP contribution in [0.4, 0.5) is 0 Å². The van der Waals surface area contributed by atoms with Gasteiger partial charge in [0.05, 0.1) is 13.2 Å². The van der Waals surface area contributed by atoms with Crippen molar-refractivity contribution in [3.63, 3.8) is 0 Å². The quantitative estimate of drug-likeness (QED) is 0.0593. The van der Waals surface area contributed by atoms with Crippen LogP contribution >= 0.6 is 0 Å². The Morgan fingerprint density at radius 2 is 0.776 bits per heavy atom. The molecule has 0 atom stereocenters. The van der Waals surface area contributed by atoms with Crippen LogP contribution in [0.25, 0.3) is 0 Å². The number of nitrogens with zero attached hydrogens (tertiary/aromatic N) is 8. The summed E-state index contributed by atoms with van der Waals surface area (Å²) in [6.07, 6.45) is 6.04. The van der Waals surface area contributed by atoms with Crippen molar-refractivity contribution in [2.45, 2.75) is 171 Å². The number of aromatic carboxylic acids is 2. The Bertz CT molecular complexity index is 1790. The zero-order valence-electron chi connectivity index (χ0n) is 39.0. The Labute approximate surface area is 404 Å². The summed E-state index contributed by atoms with van der Waals surface area (Å²) in [5, 5.41) is 33.0. The fraction of sp³-hybridized carbons (Fsp3) is 0.688. The van der Waals surface area contributed by atoms with E-state index in [9.17, 15) is 28.8 Å². The molecule has 0 aliphatic heterocycles. The number of carbonyl (C=O) groups is 6. The number of aryl methyl sites for hydroxylation is 3. The van der Waals surface area contributed by atoms with Crippen LogP contribution in [0.5, 0.6) is 0 Å². The first-order chi connectivity index (χ1) is 29.6. The number of nitrogens with one attached hydrogen (secondary N) is 1. The number of carboxylic acid groups (broad SMARTS) is 2. The lowest BCUT2D eigenvalue weighted by atomic mass is 10.2. The fourth-order valence-electron chi connectivity index (χ4n) is 5.72. The SMILES string of the molecule is C.C.C.C.C.CCCN(CCC)C(=O)c1cc(C(=O)O)nn1CC.CCCN(CCC)C(=O)c1cc(C(=O)OCC)nn1CC.CCCNCCC.CCOC(=O)c1cc(C(=O)O)n(CC)n1. The van der Waals surface area contributed by atoms with E-state index in [0.29, 0.717) is 63.8 Å². The zero-order chi connectivity index (χ0) is 47.2. The highest BCUT2D eigenvalue weighted by molar-refractivity contribution is 5.97. The lowest BCUT2D eigenvalue weighted by Crippen LogP contribution is -2.34. The van der Waals surface area contributed by atoms with Crippen molar-refractivity contribution < 1.29 is 48.5 Å². The van der Waals surface area contributed by atoms with Gasteiger partial charge in [-0.3, -0.25) is 23.6 Å². The number of aromatic nitrogens is 6. The lowest BCUT2D eigenvalue weighted by molar-refractivity contribution is 0.0509. The third-order valence-electron chi connectivity index (χ3n) is 8.49. The highest BCUT2D eigenvalue weighted by Gasteiger charge is 2.24. The van der Waals surface area contributed by atoms with Crippen LogP contribution in [0.1, 0.15) is 215 Å². The molecule has 0 radical (unpaired) electrons. The fourth-order valence-corrected chi connectivity index (χ4v) is 5.72. The number of amides is 2. The van der Waals surface area contributed by atoms with E-state index in [1.807, 2.05) is 41.5 Å². The third-order valence-corrected chi connectivity index (χ3v) is 8.49. The van der Waals surface area contributed by atoms with Crippen molar-refractivity contribution in [3.05, 3.63) is 52.4 Å². The smallest absolute Gasteiger partial charge is 0.358 e. The molecule has 0 saturated carbocycles. The zero-order valence-corrected chi connectivity index (χ0v) is 39.0. The van der Waals surface area contributed by atoms with E-state index in [0.717, 1.165) is 25.7 Å². The largest absolute Gasteiger partial charge is 0.477 e. The van der Waals surface area contributed by atoms with Crippen molar-refractivity contribution in [1.82, 2.24) is 44.5 Å². The molecule has 0 aromatic carbocycles. The standard InChI is InChI=1S/C15H25N3O3.C13H21N3O3.C9H12N2O4.C6H15N.5CH4/c1-5-9-17(10-6-2)14(19)13-11-12(15(20)21-8-4)16-18(13)7-3;1-4-7-15(8-5-2)12(17)11-9-10(13(18)19)14-16(11)6-3;1-3-11-7(8(12)13)5-6(10-11)9(14)15-4-2;1-3-5-7-6-4-2;;;;;/h11H,5-10H2,1-4H3;9H,4-8H2,1-3H3,(H,18,19);5H,3-4H2,1-2H3,(H,12,13);7H,3-6H2,1-2H3;5*1H4. The molecule has 3 aromatic rings. The lowest BCUT2D eigenvalue weighted by Gasteiger charge is -2.21. The third kappa shape index (κ3) is 25.2. The van der Waals surface area contributed by atoms with Gasteiger partial charge in [-0.05, 0) is 86.2 Å². The molecule has 390 valence electrons. The first-order valence-corrected chi connectivity index (χ1v) is 22.0. The molecule has 3 N–H and O–H groups in total. The van der Waals surface area contributed by atoms with Gasteiger partial charge in [0.2, 0.25) is 0 Å². The molecule has 0 unspecified atom stereocenters. The van der Waals surface area contributed by atoms with E-state index in [4.69, 9.17) is 19.7 Å². The normalized spacial score (nSPS) is 9.48. The van der Waals surface area contributed by atoms with Crippen LogP contribution < -0.4 is 5.32 Å². The summed E-state index contributed by atoms with van der Waals surface area (Å²) in [7, 11) is 0. The Hall–Kier alpha value is -5.59. The number of hydrogen-bond acceptors (Lipinski definition) is 12. The van der Waals surface area contributed by atoms with Gasteiger partial charge in [-0.2, -0.15) is 15.3 Å². The highest BCUT2D eigenvalue weighted by Crippen LogP contribution is 2.12. The topological polar surface area (TPSA) is 233 Å². The van der Waals surface area contributed by atoms with Gasteiger partial charge < -0.3 is 34.8 Å². The number of ether oxygens (including phenoxy) is 2. The number of carboxylic acids is 2. The number of carbonyl (C=O) groups excluding carboxylic acids is 4. The predicted octanol–water partition coefficient (Wildman–Crippen LogP) is 9.56. The maximum absolute atomic E-state index is 12.6. The van der Waals surface area contributed by atoms with Gasteiger partial charge in [-0.1, -0.05) is 78.7 Å². The van der Waals surface area contributed by atoms with Gasteiger partial charge in [-0.15, -0.1) is 0 Å². The van der Waals surface area contributed by atoms with Crippen LogP contribution in [0, 0.1) is 0 Å². The van der Waals surface area contributed by atoms with Gasteiger partial charge in [0.15, 0.2) is 17.1 Å². The molecule has 3 aromatic heterocycles. The molecule has 0 bridgehead atoms. The van der Waals surface area contributed by atoms with E-state index in [2.05, 4.69) is 34.5 Å². The molecule has 0 aliphatic rings. The van der Waals surface area contributed by atoms with Crippen molar-refractivity contribution in [2.75, 3.05) is 52.5 Å². The van der Waals surface area contributed by atoms with Crippen LogP contribution in [0.15, 0.2) is 18.2 Å². The highest BCUT2D eigenvalue weighted by atomic mass is 16.5.